The van der Waals surface area contributed by atoms with E-state index >= 15 is 0 Å². The Hall–Kier alpha value is -1.78. The monoisotopic (exact) mass is 800 g/mol. The number of phosphoric ester groups is 1. The SMILES string of the molecule is CCCCC/C=C\C/C=C\C/C=C\CC(O)C(O)CCCC(=O)OC[C@H](COP(=O)([O-])OCC[N+](C)(C)C)O/C=C/CCCCCCCCCCCCCC. The smallest absolute Gasteiger partial charge is 0.305 e. The number of rotatable bonds is 39. The molecule has 0 aliphatic rings. The maximum atomic E-state index is 12.5. The minimum Gasteiger partial charge on any atom is -0.756 e. The number of nitrogens with zero attached hydrogens (tertiary/aromatic N) is 1. The third-order valence-electron chi connectivity index (χ3n) is 9.17. The molecule has 2 N–H and O–H groups in total. The largest absolute Gasteiger partial charge is 0.756 e. The highest BCUT2D eigenvalue weighted by molar-refractivity contribution is 7.45. The average molecular weight is 800 g/mol. The number of quaternary nitrogens is 1. The van der Waals surface area contributed by atoms with Gasteiger partial charge in [-0.25, -0.2) is 0 Å². The van der Waals surface area contributed by atoms with E-state index in [4.69, 9.17) is 18.5 Å². The molecule has 0 radical (unpaired) electrons. The van der Waals surface area contributed by atoms with Crippen LogP contribution in [0.3, 0.4) is 0 Å². The maximum absolute atomic E-state index is 12.5. The number of carbonyl (C=O) groups is 1. The number of ether oxygens (including phenoxy) is 2. The van der Waals surface area contributed by atoms with E-state index in [-0.39, 0.29) is 32.7 Å². The number of carbonyl (C=O) groups excluding carboxylic acids is 1. The van der Waals surface area contributed by atoms with E-state index in [1.54, 1.807) is 0 Å². The Morgan fingerprint density at radius 1 is 0.673 bits per heavy atom. The molecular formula is C44H82NO9P. The van der Waals surface area contributed by atoms with Crippen LogP contribution in [0.25, 0.3) is 0 Å². The van der Waals surface area contributed by atoms with Gasteiger partial charge in [-0.3, -0.25) is 9.36 Å². The van der Waals surface area contributed by atoms with Crippen LogP contribution in [0, 0.1) is 0 Å². The lowest BCUT2D eigenvalue weighted by molar-refractivity contribution is -0.870. The zero-order valence-electron chi connectivity index (χ0n) is 35.6. The quantitative estimate of drug-likeness (QED) is 0.0156. The van der Waals surface area contributed by atoms with Crippen LogP contribution in [0.2, 0.25) is 0 Å². The van der Waals surface area contributed by atoms with Crippen LogP contribution in [0.4, 0.5) is 0 Å². The van der Waals surface area contributed by atoms with E-state index in [0.717, 1.165) is 38.5 Å². The van der Waals surface area contributed by atoms with E-state index in [1.807, 2.05) is 39.4 Å². The molecule has 0 bridgehead atoms. The normalized spacial score (nSPS) is 15.3. The van der Waals surface area contributed by atoms with Gasteiger partial charge in [-0.05, 0) is 63.9 Å². The van der Waals surface area contributed by atoms with Gasteiger partial charge in [0.15, 0.2) is 6.10 Å². The minimum absolute atomic E-state index is 0.0186. The predicted molar refractivity (Wildman–Crippen MR) is 224 cm³/mol. The lowest BCUT2D eigenvalue weighted by Gasteiger charge is -2.28. The number of hydrogen-bond acceptors (Lipinski definition) is 9. The Labute approximate surface area is 336 Å². The van der Waals surface area contributed by atoms with E-state index in [0.29, 0.717) is 23.9 Å². The van der Waals surface area contributed by atoms with Gasteiger partial charge >= 0.3 is 5.97 Å². The van der Waals surface area contributed by atoms with E-state index in [9.17, 15) is 24.5 Å². The molecule has 0 aromatic heterocycles. The van der Waals surface area contributed by atoms with Gasteiger partial charge in [-0.1, -0.05) is 134 Å². The average Bonchev–Trinajstić information content (AvgIpc) is 3.13. The summed E-state index contributed by atoms with van der Waals surface area (Å²) in [5, 5.41) is 20.7. The van der Waals surface area contributed by atoms with Crippen LogP contribution in [0.15, 0.2) is 48.8 Å². The summed E-state index contributed by atoms with van der Waals surface area (Å²) in [6.07, 6.45) is 36.8. The van der Waals surface area contributed by atoms with Crippen LogP contribution in [-0.4, -0.2) is 86.5 Å². The Morgan fingerprint density at radius 3 is 1.82 bits per heavy atom. The molecule has 0 aliphatic heterocycles. The zero-order chi connectivity index (χ0) is 40.9. The molecule has 0 aromatic rings. The molecule has 3 unspecified atom stereocenters. The van der Waals surface area contributed by atoms with Crippen LogP contribution in [0.5, 0.6) is 0 Å². The van der Waals surface area contributed by atoms with Crippen LogP contribution in [-0.2, 0) is 27.9 Å². The number of likely N-dealkylation sites (N-methyl/N-ethyl adjacent to an activating group) is 1. The first-order chi connectivity index (χ1) is 26.4. The molecule has 10 nitrogen and oxygen atoms in total. The van der Waals surface area contributed by atoms with Crippen molar-refractivity contribution in [3.63, 3.8) is 0 Å². The van der Waals surface area contributed by atoms with Crippen molar-refractivity contribution in [3.05, 3.63) is 48.8 Å². The number of phosphoric acid groups is 1. The first kappa shape index (κ1) is 53.2. The highest BCUT2D eigenvalue weighted by Crippen LogP contribution is 2.38. The Bertz CT molecular complexity index is 1060. The summed E-state index contributed by atoms with van der Waals surface area (Å²) < 4.78 is 34.1. The first-order valence-corrected chi connectivity index (χ1v) is 23.0. The second kappa shape index (κ2) is 36.6. The van der Waals surface area contributed by atoms with Gasteiger partial charge in [0.25, 0.3) is 7.82 Å². The lowest BCUT2D eigenvalue weighted by atomic mass is 10.0. The predicted octanol–water partition coefficient (Wildman–Crippen LogP) is 10.0. The van der Waals surface area contributed by atoms with Gasteiger partial charge in [0.2, 0.25) is 0 Å². The number of esters is 1. The molecule has 0 aromatic carbocycles. The van der Waals surface area contributed by atoms with Crippen molar-refractivity contribution in [2.45, 2.75) is 180 Å². The molecule has 0 rings (SSSR count). The van der Waals surface area contributed by atoms with E-state index in [2.05, 4.69) is 38.2 Å². The van der Waals surface area contributed by atoms with Gasteiger partial charge in [0.05, 0.1) is 46.2 Å². The second-order valence-corrected chi connectivity index (χ2v) is 17.1. The van der Waals surface area contributed by atoms with E-state index in [1.165, 1.54) is 89.7 Å². The van der Waals surface area contributed by atoms with Crippen molar-refractivity contribution in [1.82, 2.24) is 0 Å². The molecule has 0 aliphatic carbocycles. The van der Waals surface area contributed by atoms with Gasteiger partial charge in [0.1, 0.15) is 19.8 Å². The van der Waals surface area contributed by atoms with Gasteiger partial charge in [-0.2, -0.15) is 0 Å². The Morgan fingerprint density at radius 2 is 1.20 bits per heavy atom. The molecule has 322 valence electrons. The summed E-state index contributed by atoms with van der Waals surface area (Å²) in [5.74, 6) is -0.511. The zero-order valence-corrected chi connectivity index (χ0v) is 36.5. The van der Waals surface area contributed by atoms with E-state index < -0.39 is 32.1 Å². The van der Waals surface area contributed by atoms with Crippen molar-refractivity contribution in [3.8, 4) is 0 Å². The molecule has 0 amide bonds. The number of aliphatic hydroxyl groups excluding tert-OH is 2. The lowest BCUT2D eigenvalue weighted by Crippen LogP contribution is -2.37. The molecular weight excluding hydrogens is 717 g/mol. The molecule has 0 spiro atoms. The fraction of sp³-hybridized carbons (Fsp3) is 0.795. The van der Waals surface area contributed by atoms with Gasteiger partial charge < -0.3 is 38.1 Å². The van der Waals surface area contributed by atoms with Crippen molar-refractivity contribution in [2.75, 3.05) is 47.5 Å². The number of unbranched alkanes of at least 4 members (excludes halogenated alkanes) is 15. The summed E-state index contributed by atoms with van der Waals surface area (Å²) in [4.78, 5) is 24.9. The fourth-order valence-corrected chi connectivity index (χ4v) is 6.30. The summed E-state index contributed by atoms with van der Waals surface area (Å²) in [6, 6.07) is 0. The van der Waals surface area contributed by atoms with Gasteiger partial charge in [-0.15, -0.1) is 0 Å². The minimum atomic E-state index is -4.58. The fourth-order valence-electron chi connectivity index (χ4n) is 5.57. The maximum Gasteiger partial charge on any atom is 0.305 e. The summed E-state index contributed by atoms with van der Waals surface area (Å²) in [7, 11) is 1.21. The summed E-state index contributed by atoms with van der Waals surface area (Å²) in [5.41, 5.74) is 0. The third-order valence-corrected chi connectivity index (χ3v) is 10.1. The van der Waals surface area contributed by atoms with Crippen LogP contribution in [0.1, 0.15) is 162 Å². The Balaban J connectivity index is 4.54. The molecule has 0 saturated carbocycles. The van der Waals surface area contributed by atoms with Crippen molar-refractivity contribution in [2.24, 2.45) is 0 Å². The number of aliphatic hydroxyl groups is 2. The van der Waals surface area contributed by atoms with Crippen molar-refractivity contribution >= 4 is 13.8 Å². The molecule has 55 heavy (non-hydrogen) atoms. The molecule has 0 fully saturated rings. The summed E-state index contributed by atoms with van der Waals surface area (Å²) in [6.45, 7) is 4.34. The highest BCUT2D eigenvalue weighted by atomic mass is 31.2. The first-order valence-electron chi connectivity index (χ1n) is 21.6. The molecule has 4 atom stereocenters. The highest BCUT2D eigenvalue weighted by Gasteiger charge is 2.20. The van der Waals surface area contributed by atoms with Gasteiger partial charge in [0, 0.05) is 6.42 Å². The van der Waals surface area contributed by atoms with Crippen LogP contribution >= 0.6 is 7.82 Å². The molecule has 0 saturated heterocycles. The number of allylic oxidation sites excluding steroid dienone is 6. The summed E-state index contributed by atoms with van der Waals surface area (Å²) >= 11 is 0. The number of hydrogen-bond donors (Lipinski definition) is 2. The van der Waals surface area contributed by atoms with Crippen LogP contribution < -0.4 is 4.89 Å². The Kier molecular flexibility index (Phi) is 35.4. The van der Waals surface area contributed by atoms with Crippen molar-refractivity contribution < 1.29 is 47.5 Å². The molecule has 11 heteroatoms. The third kappa shape index (κ3) is 38.9. The molecule has 0 heterocycles. The second-order valence-electron chi connectivity index (χ2n) is 15.7. The standard InChI is InChI=1S/C44H82NO9P/c1-6-8-10-12-14-16-18-20-21-23-25-27-29-31-37-51-41(40-54-55(49,50)53-38-36-45(3,4)5)39-52-44(48)35-32-34-43(47)42(46)33-30-28-26-24-22-19-17-15-13-11-9-7-2/h15,17,22,24,28,30-31,37,41-43,46-47H,6-14,16,18-21,23,25-27,29,32-36,38-40H2,1-5H3/b17-15-,24-22-,30-28-,37-31+/t41-,42?,43?/m1/s1. The topological polar surface area (TPSA) is 135 Å². The van der Waals surface area contributed by atoms with Crippen molar-refractivity contribution in [1.29, 1.82) is 0 Å².